The molecule has 0 unspecified atom stereocenters. The number of pyridine rings is 1. The van der Waals surface area contributed by atoms with E-state index in [-0.39, 0.29) is 17.7 Å². The van der Waals surface area contributed by atoms with Crippen LogP contribution in [0.25, 0.3) is 22.5 Å². The molecule has 178 valence electrons. The number of benzene rings is 2. The average molecular weight is 473 g/mol. The molecule has 4 aromatic rings. The largest absolute Gasteiger partial charge is 0.478 e. The number of H-pyrrole nitrogens is 1. The summed E-state index contributed by atoms with van der Waals surface area (Å²) in [6.45, 7) is 2.10. The number of carboxylic acid groups (broad SMARTS) is 1. The van der Waals surface area contributed by atoms with Crippen LogP contribution in [-0.2, 0) is 13.0 Å². The Labute approximate surface area is 200 Å². The fourth-order valence-electron chi connectivity index (χ4n) is 4.01. The van der Waals surface area contributed by atoms with E-state index < -0.39 is 17.4 Å². The molecule has 0 aliphatic rings. The number of carboxylic acids is 1. The molecule has 1 amide bonds. The van der Waals surface area contributed by atoms with E-state index in [2.05, 4.69) is 20.6 Å². The highest BCUT2D eigenvalue weighted by atomic mass is 16.4. The van der Waals surface area contributed by atoms with Gasteiger partial charge in [0.05, 0.1) is 12.1 Å². The molecule has 0 radical (unpaired) electrons. The van der Waals surface area contributed by atoms with E-state index >= 15 is 0 Å². The molecule has 0 saturated carbocycles. The van der Waals surface area contributed by atoms with Gasteiger partial charge in [0.2, 0.25) is 11.7 Å². The maximum atomic E-state index is 12.8. The summed E-state index contributed by atoms with van der Waals surface area (Å²) in [4.78, 5) is 36.7. The number of hydrogen-bond acceptors (Lipinski definition) is 6. The van der Waals surface area contributed by atoms with Gasteiger partial charge in [-0.25, -0.2) is 4.79 Å². The molecular weight excluding hydrogens is 448 g/mol. The monoisotopic (exact) mass is 472 g/mol. The van der Waals surface area contributed by atoms with Gasteiger partial charge in [-0.1, -0.05) is 49.7 Å². The molecular formula is C25H24N6O4. The molecule has 0 atom stereocenters. The van der Waals surface area contributed by atoms with Gasteiger partial charge in [-0.3, -0.25) is 9.59 Å². The molecule has 10 heteroatoms. The Morgan fingerprint density at radius 1 is 1.09 bits per heavy atom. The van der Waals surface area contributed by atoms with E-state index in [1.807, 2.05) is 37.3 Å². The molecule has 4 rings (SSSR count). The van der Waals surface area contributed by atoms with Crippen molar-refractivity contribution < 1.29 is 14.7 Å². The molecule has 35 heavy (non-hydrogen) atoms. The number of aryl methyl sites for hydroxylation is 1. The third kappa shape index (κ3) is 5.01. The van der Waals surface area contributed by atoms with Crippen LogP contribution in [0.1, 0.15) is 51.7 Å². The molecule has 0 spiro atoms. The smallest absolute Gasteiger partial charge is 0.335 e. The minimum absolute atomic E-state index is 0.0547. The Morgan fingerprint density at radius 2 is 1.86 bits per heavy atom. The highest BCUT2D eigenvalue weighted by Gasteiger charge is 2.17. The molecule has 2 aromatic carbocycles. The van der Waals surface area contributed by atoms with Gasteiger partial charge >= 0.3 is 5.97 Å². The van der Waals surface area contributed by atoms with Crippen LogP contribution in [0.15, 0.2) is 59.4 Å². The number of nitrogens with zero attached hydrogens (tertiary/aromatic N) is 4. The van der Waals surface area contributed by atoms with Crippen LogP contribution in [-0.4, -0.2) is 42.2 Å². The number of unbranched alkanes of at least 4 members (excludes halogenated alkanes) is 1. The predicted octanol–water partition coefficient (Wildman–Crippen LogP) is 2.88. The van der Waals surface area contributed by atoms with Gasteiger partial charge in [-0.15, -0.1) is 10.2 Å². The summed E-state index contributed by atoms with van der Waals surface area (Å²) in [5.74, 6) is -1.38. The minimum atomic E-state index is -1.16. The van der Waals surface area contributed by atoms with Crippen LogP contribution in [0.3, 0.4) is 0 Å². The summed E-state index contributed by atoms with van der Waals surface area (Å²) >= 11 is 0. The number of aromatic amines is 1. The maximum absolute atomic E-state index is 12.8. The van der Waals surface area contributed by atoms with Gasteiger partial charge in [0.15, 0.2) is 0 Å². The Balaban J connectivity index is 1.78. The third-order valence-corrected chi connectivity index (χ3v) is 5.78. The van der Waals surface area contributed by atoms with Gasteiger partial charge in [0.1, 0.15) is 0 Å². The summed E-state index contributed by atoms with van der Waals surface area (Å²) in [5.41, 5.74) is 8.88. The summed E-state index contributed by atoms with van der Waals surface area (Å²) in [7, 11) is 0. The molecule has 0 aliphatic carbocycles. The van der Waals surface area contributed by atoms with Crippen molar-refractivity contribution in [1.29, 1.82) is 0 Å². The van der Waals surface area contributed by atoms with Crippen molar-refractivity contribution in [1.82, 2.24) is 25.2 Å². The van der Waals surface area contributed by atoms with E-state index in [0.717, 1.165) is 35.6 Å². The Bertz CT molecular complexity index is 1440. The standard InChI is InChI=1S/C25H24N6O4/c1-2-3-6-18-11-17(25(34)35)13-22(32)31(18)14-16-10-9-15(12-21(16)23(26)33)19-7-4-5-8-20(19)24-27-29-30-28-24/h4-5,7-13H,2-3,6,14H2,1H3,(H2,26,33)(H,34,35)(H,27,28,29,30). The molecule has 2 heterocycles. The average Bonchev–Trinajstić information content (AvgIpc) is 3.39. The maximum Gasteiger partial charge on any atom is 0.335 e. The zero-order valence-electron chi connectivity index (χ0n) is 19.1. The van der Waals surface area contributed by atoms with Crippen LogP contribution in [0, 0.1) is 0 Å². The van der Waals surface area contributed by atoms with Gasteiger partial charge in [-0.05, 0) is 46.9 Å². The minimum Gasteiger partial charge on any atom is -0.478 e. The first kappa shape index (κ1) is 23.6. The second kappa shape index (κ2) is 10.1. The number of amides is 1. The summed E-state index contributed by atoms with van der Waals surface area (Å²) in [6.07, 6.45) is 2.21. The first-order valence-corrected chi connectivity index (χ1v) is 11.1. The van der Waals surface area contributed by atoms with Crippen LogP contribution in [0.5, 0.6) is 0 Å². The third-order valence-electron chi connectivity index (χ3n) is 5.78. The SMILES string of the molecule is CCCCc1cc(C(=O)O)cc(=O)n1Cc1ccc(-c2ccccc2-c2nn[nH]n2)cc1C(N)=O. The zero-order valence-corrected chi connectivity index (χ0v) is 19.1. The van der Waals surface area contributed by atoms with Gasteiger partial charge in [-0.2, -0.15) is 5.21 Å². The highest BCUT2D eigenvalue weighted by Crippen LogP contribution is 2.31. The van der Waals surface area contributed by atoms with E-state index in [4.69, 9.17) is 5.73 Å². The van der Waals surface area contributed by atoms with Gasteiger partial charge < -0.3 is 15.4 Å². The van der Waals surface area contributed by atoms with Crippen LogP contribution in [0.4, 0.5) is 0 Å². The lowest BCUT2D eigenvalue weighted by molar-refractivity contribution is 0.0696. The molecule has 0 fully saturated rings. The molecule has 0 saturated heterocycles. The second-order valence-corrected chi connectivity index (χ2v) is 8.09. The topological polar surface area (TPSA) is 157 Å². The summed E-state index contributed by atoms with van der Waals surface area (Å²) in [6, 6.07) is 15.3. The van der Waals surface area contributed by atoms with Gasteiger partial charge in [0.25, 0.3) is 5.56 Å². The second-order valence-electron chi connectivity index (χ2n) is 8.09. The van der Waals surface area contributed by atoms with Gasteiger partial charge in [0, 0.05) is 22.9 Å². The zero-order chi connectivity index (χ0) is 24.9. The van der Waals surface area contributed by atoms with Crippen molar-refractivity contribution in [3.63, 3.8) is 0 Å². The normalized spacial score (nSPS) is 10.9. The molecule has 4 N–H and O–H groups in total. The summed E-state index contributed by atoms with van der Waals surface area (Å²) < 4.78 is 1.50. The van der Waals surface area contributed by atoms with E-state index in [1.165, 1.54) is 10.6 Å². The van der Waals surface area contributed by atoms with Crippen LogP contribution in [0.2, 0.25) is 0 Å². The number of aromatic nitrogens is 5. The fraction of sp³-hybridized carbons (Fsp3) is 0.200. The summed E-state index contributed by atoms with van der Waals surface area (Å²) in [5, 5.41) is 23.5. The number of aromatic carboxylic acids is 1. The first-order valence-electron chi connectivity index (χ1n) is 11.1. The molecule has 10 nitrogen and oxygen atoms in total. The number of carbonyl (C=O) groups excluding carboxylic acids is 1. The number of nitrogens with two attached hydrogens (primary N) is 1. The molecule has 0 aliphatic heterocycles. The van der Waals surface area contributed by atoms with Crippen molar-refractivity contribution in [3.05, 3.63) is 87.3 Å². The van der Waals surface area contributed by atoms with Crippen LogP contribution < -0.4 is 11.3 Å². The van der Waals surface area contributed by atoms with Crippen LogP contribution >= 0.6 is 0 Å². The van der Waals surface area contributed by atoms with E-state index in [9.17, 15) is 19.5 Å². The van der Waals surface area contributed by atoms with E-state index in [1.54, 1.807) is 12.1 Å². The van der Waals surface area contributed by atoms with Crippen molar-refractivity contribution >= 4 is 11.9 Å². The van der Waals surface area contributed by atoms with Crippen molar-refractivity contribution in [2.75, 3.05) is 0 Å². The number of carbonyl (C=O) groups is 2. The lowest BCUT2D eigenvalue weighted by atomic mass is 9.95. The number of nitrogens with one attached hydrogen (secondary N) is 1. The quantitative estimate of drug-likeness (QED) is 0.338. The number of rotatable bonds is 9. The number of primary amides is 1. The Kier molecular flexibility index (Phi) is 6.81. The first-order chi connectivity index (χ1) is 16.9. The van der Waals surface area contributed by atoms with Crippen molar-refractivity contribution in [3.8, 4) is 22.5 Å². The number of hydrogen-bond donors (Lipinski definition) is 3. The molecule has 2 aromatic heterocycles. The Hall–Kier alpha value is -4.60. The van der Waals surface area contributed by atoms with Crippen molar-refractivity contribution in [2.45, 2.75) is 32.7 Å². The Morgan fingerprint density at radius 3 is 2.51 bits per heavy atom. The highest BCUT2D eigenvalue weighted by molar-refractivity contribution is 5.96. The lowest BCUT2D eigenvalue weighted by Gasteiger charge is -2.16. The number of tetrazole rings is 1. The van der Waals surface area contributed by atoms with Crippen molar-refractivity contribution in [2.24, 2.45) is 5.73 Å². The van der Waals surface area contributed by atoms with E-state index in [0.29, 0.717) is 23.5 Å². The predicted molar refractivity (Wildman–Crippen MR) is 129 cm³/mol. The molecule has 0 bridgehead atoms. The fourth-order valence-corrected chi connectivity index (χ4v) is 4.01. The lowest BCUT2D eigenvalue weighted by Crippen LogP contribution is -2.26.